The van der Waals surface area contributed by atoms with E-state index in [0.717, 1.165) is 18.4 Å². The molecule has 0 saturated heterocycles. The van der Waals surface area contributed by atoms with Gasteiger partial charge in [-0.25, -0.2) is 4.39 Å². The number of ether oxygens (including phenoxy) is 2. The molecule has 1 saturated carbocycles. The highest BCUT2D eigenvalue weighted by Gasteiger charge is 2.58. The van der Waals surface area contributed by atoms with Crippen LogP contribution in [-0.2, 0) is 11.0 Å². The Hall–Kier alpha value is -3.40. The maximum Gasteiger partial charge on any atom is 0.197 e. The van der Waals surface area contributed by atoms with E-state index in [4.69, 9.17) is 14.9 Å². The first-order chi connectivity index (χ1) is 16.1. The molecule has 1 aliphatic heterocycles. The summed E-state index contributed by atoms with van der Waals surface area (Å²) in [6.07, 6.45) is 1.44. The van der Waals surface area contributed by atoms with Crippen LogP contribution in [0.2, 0.25) is 0 Å². The highest BCUT2D eigenvalue weighted by Crippen LogP contribution is 2.58. The Bertz CT molecular complexity index is 1220. The van der Waals surface area contributed by atoms with E-state index in [1.165, 1.54) is 0 Å². The van der Waals surface area contributed by atoms with Crippen LogP contribution < -0.4 is 9.47 Å². The summed E-state index contributed by atoms with van der Waals surface area (Å²) >= 11 is 0. The molecule has 1 fully saturated rings. The Morgan fingerprint density at radius 1 is 1.18 bits per heavy atom. The Labute approximate surface area is 199 Å². The van der Waals surface area contributed by atoms with Crippen molar-refractivity contribution in [2.75, 3.05) is 19.8 Å². The van der Waals surface area contributed by atoms with Gasteiger partial charge in [-0.2, -0.15) is 5.26 Å². The number of amidine groups is 1. The normalized spacial score (nSPS) is 15.8. The summed E-state index contributed by atoms with van der Waals surface area (Å²) in [5.74, 6) is -0.509. The molecule has 0 bridgehead atoms. The molecule has 34 heavy (non-hydrogen) atoms. The number of nitriles is 1. The van der Waals surface area contributed by atoms with Gasteiger partial charge >= 0.3 is 0 Å². The number of rotatable bonds is 7. The van der Waals surface area contributed by atoms with Crippen LogP contribution in [0.25, 0.3) is 0 Å². The second kappa shape index (κ2) is 8.43. The fourth-order valence-electron chi connectivity index (χ4n) is 4.65. The quantitative estimate of drug-likeness (QED) is 0.563. The molecule has 0 unspecified atom stereocenters. The molecule has 0 atom stereocenters. The molecule has 2 aliphatic rings. The molecule has 4 rings (SSSR count). The third-order valence-corrected chi connectivity index (χ3v) is 6.58. The summed E-state index contributed by atoms with van der Waals surface area (Å²) in [5.41, 5.74) is 1.78. The van der Waals surface area contributed by atoms with Gasteiger partial charge in [0, 0.05) is 5.56 Å². The SMILES string of the molecule is CCOc1cc2c(c(F)c1OCC)C(=N)N(CC(=O)c1cc(C#N)cc(C(C)(C)C)c1)C21CC1. The monoisotopic (exact) mass is 463 g/mol. The van der Waals surface area contributed by atoms with Gasteiger partial charge in [-0.3, -0.25) is 10.2 Å². The van der Waals surface area contributed by atoms with Crippen LogP contribution >= 0.6 is 0 Å². The van der Waals surface area contributed by atoms with Crippen LogP contribution in [0.4, 0.5) is 4.39 Å². The molecule has 1 N–H and O–H groups in total. The van der Waals surface area contributed by atoms with Crippen LogP contribution in [0, 0.1) is 22.6 Å². The number of nitrogens with one attached hydrogen (secondary N) is 1. The third-order valence-electron chi connectivity index (χ3n) is 6.58. The van der Waals surface area contributed by atoms with Gasteiger partial charge in [0.1, 0.15) is 5.84 Å². The number of hydrogen-bond donors (Lipinski definition) is 1. The predicted octanol–water partition coefficient (Wildman–Crippen LogP) is 5.31. The third kappa shape index (κ3) is 3.81. The molecule has 0 aromatic heterocycles. The van der Waals surface area contributed by atoms with Crippen molar-refractivity contribution in [1.29, 1.82) is 10.7 Å². The smallest absolute Gasteiger partial charge is 0.197 e. The van der Waals surface area contributed by atoms with Crippen molar-refractivity contribution in [3.05, 3.63) is 57.9 Å². The average molecular weight is 464 g/mol. The number of fused-ring (bicyclic) bond motifs is 2. The summed E-state index contributed by atoms with van der Waals surface area (Å²) in [7, 11) is 0. The zero-order valence-corrected chi connectivity index (χ0v) is 20.3. The lowest BCUT2D eigenvalue weighted by molar-refractivity contribution is 0.0943. The first-order valence-corrected chi connectivity index (χ1v) is 11.7. The summed E-state index contributed by atoms with van der Waals surface area (Å²) in [4.78, 5) is 15.1. The number of Topliss-reactive ketones (excluding diaryl/α,β-unsaturated/α-hetero) is 1. The topological polar surface area (TPSA) is 86.4 Å². The molecule has 0 radical (unpaired) electrons. The molecule has 1 aliphatic carbocycles. The molecular formula is C27H30FN3O3. The highest BCUT2D eigenvalue weighted by atomic mass is 19.1. The number of carbonyl (C=O) groups excluding carboxylic acids is 1. The molecule has 178 valence electrons. The summed E-state index contributed by atoms with van der Waals surface area (Å²) in [5, 5.41) is 18.3. The Kier molecular flexibility index (Phi) is 5.89. The lowest BCUT2D eigenvalue weighted by atomic mass is 9.84. The number of carbonyl (C=O) groups is 1. The zero-order chi connectivity index (χ0) is 24.8. The molecule has 2 aromatic rings. The minimum absolute atomic E-state index is 0.00775. The second-order valence-electron chi connectivity index (χ2n) is 9.86. The number of ketones is 1. The van der Waals surface area contributed by atoms with Gasteiger partial charge in [0.15, 0.2) is 23.1 Å². The van der Waals surface area contributed by atoms with Crippen molar-refractivity contribution in [1.82, 2.24) is 4.90 Å². The van der Waals surface area contributed by atoms with Crippen LogP contribution in [0.1, 0.15) is 80.1 Å². The fraction of sp³-hybridized carbons (Fsp3) is 0.444. The number of hydrogen-bond acceptors (Lipinski definition) is 5. The van der Waals surface area contributed by atoms with Gasteiger partial charge in [0.2, 0.25) is 0 Å². The van der Waals surface area contributed by atoms with Crippen molar-refractivity contribution in [3.63, 3.8) is 0 Å². The highest BCUT2D eigenvalue weighted by molar-refractivity contribution is 6.07. The summed E-state index contributed by atoms with van der Waals surface area (Å²) in [6.45, 7) is 10.2. The van der Waals surface area contributed by atoms with Crippen LogP contribution in [-0.4, -0.2) is 36.3 Å². The minimum atomic E-state index is -0.615. The summed E-state index contributed by atoms with van der Waals surface area (Å²) in [6, 6.07) is 9.11. The zero-order valence-electron chi connectivity index (χ0n) is 20.3. The van der Waals surface area contributed by atoms with Crippen molar-refractivity contribution in [2.24, 2.45) is 0 Å². The molecule has 2 aromatic carbocycles. The van der Waals surface area contributed by atoms with E-state index in [2.05, 4.69) is 6.07 Å². The molecule has 7 heteroatoms. The van der Waals surface area contributed by atoms with Gasteiger partial charge in [-0.05, 0) is 67.5 Å². The van der Waals surface area contributed by atoms with Crippen LogP contribution in [0.15, 0.2) is 24.3 Å². The van der Waals surface area contributed by atoms with E-state index < -0.39 is 11.4 Å². The Balaban J connectivity index is 1.72. The van der Waals surface area contributed by atoms with E-state index in [0.29, 0.717) is 29.0 Å². The van der Waals surface area contributed by atoms with Gasteiger partial charge in [0.05, 0.1) is 42.5 Å². The molecule has 1 spiro atoms. The van der Waals surface area contributed by atoms with Gasteiger partial charge in [0.25, 0.3) is 0 Å². The molecule has 1 heterocycles. The van der Waals surface area contributed by atoms with Crippen LogP contribution in [0.3, 0.4) is 0 Å². The van der Waals surface area contributed by atoms with Crippen LogP contribution in [0.5, 0.6) is 11.5 Å². The standard InChI is InChI=1S/C27H30FN3O3/c1-6-33-21-13-19-22(23(28)24(21)34-7-2)25(30)31(27(19)8-9-27)15-20(32)17-10-16(14-29)11-18(12-17)26(3,4)5/h10-13,30H,6-9,15H2,1-5H3. The van der Waals surface area contributed by atoms with E-state index >= 15 is 4.39 Å². The largest absolute Gasteiger partial charge is 0.490 e. The average Bonchev–Trinajstić information content (AvgIpc) is 3.56. The van der Waals surface area contributed by atoms with Gasteiger partial charge in [-0.15, -0.1) is 0 Å². The minimum Gasteiger partial charge on any atom is -0.490 e. The van der Waals surface area contributed by atoms with Gasteiger partial charge in [-0.1, -0.05) is 20.8 Å². The molecule has 0 amide bonds. The van der Waals surface area contributed by atoms with Crippen molar-refractivity contribution in [3.8, 4) is 17.6 Å². The van der Waals surface area contributed by atoms with E-state index in [1.54, 1.807) is 30.0 Å². The first-order valence-electron chi connectivity index (χ1n) is 11.7. The van der Waals surface area contributed by atoms with E-state index in [1.807, 2.05) is 33.8 Å². The fourth-order valence-corrected chi connectivity index (χ4v) is 4.65. The first kappa shape index (κ1) is 23.7. The van der Waals surface area contributed by atoms with Crippen molar-refractivity contribution >= 4 is 11.6 Å². The maximum absolute atomic E-state index is 15.6. The lowest BCUT2D eigenvalue weighted by Crippen LogP contribution is -2.38. The van der Waals surface area contributed by atoms with E-state index in [9.17, 15) is 10.1 Å². The number of nitrogens with zero attached hydrogens (tertiary/aromatic N) is 2. The maximum atomic E-state index is 15.6. The van der Waals surface area contributed by atoms with Crippen molar-refractivity contribution < 1.29 is 18.7 Å². The molecule has 6 nitrogen and oxygen atoms in total. The molecular weight excluding hydrogens is 433 g/mol. The number of benzene rings is 2. The van der Waals surface area contributed by atoms with Gasteiger partial charge < -0.3 is 14.4 Å². The number of halogens is 1. The predicted molar refractivity (Wildman–Crippen MR) is 127 cm³/mol. The van der Waals surface area contributed by atoms with E-state index in [-0.39, 0.29) is 41.5 Å². The summed E-state index contributed by atoms with van der Waals surface area (Å²) < 4.78 is 26.8. The Morgan fingerprint density at radius 3 is 2.41 bits per heavy atom. The van der Waals surface area contributed by atoms with Crippen molar-refractivity contribution in [2.45, 2.75) is 58.4 Å². The Morgan fingerprint density at radius 2 is 1.85 bits per heavy atom. The lowest BCUT2D eigenvalue weighted by Gasteiger charge is -2.26. The second-order valence-corrected chi connectivity index (χ2v) is 9.86.